The highest BCUT2D eigenvalue weighted by Gasteiger charge is 2.18. The van der Waals surface area contributed by atoms with E-state index in [4.69, 9.17) is 10.5 Å². The van der Waals surface area contributed by atoms with Crippen LogP contribution in [0.5, 0.6) is 5.75 Å². The predicted molar refractivity (Wildman–Crippen MR) is 73.5 cm³/mol. The van der Waals surface area contributed by atoms with E-state index in [1.165, 1.54) is 11.8 Å². The van der Waals surface area contributed by atoms with Crippen molar-refractivity contribution in [2.75, 3.05) is 11.5 Å². The van der Waals surface area contributed by atoms with E-state index in [1.54, 1.807) is 24.3 Å². The summed E-state index contributed by atoms with van der Waals surface area (Å²) in [7, 11) is 0. The zero-order valence-corrected chi connectivity index (χ0v) is 11.0. The van der Waals surface area contributed by atoms with E-state index in [9.17, 15) is 4.79 Å². The average molecular weight is 290 g/mol. The number of thioether (sulfide) groups is 1. The SMILES string of the molecule is Nc1nc(SCC2=NNC(=O)c3ccccc3O2)n[nH]1. The first-order chi connectivity index (χ1) is 9.72. The van der Waals surface area contributed by atoms with Gasteiger partial charge in [0.15, 0.2) is 0 Å². The van der Waals surface area contributed by atoms with Gasteiger partial charge in [0.05, 0.1) is 11.3 Å². The average Bonchev–Trinajstić information content (AvgIpc) is 2.80. The van der Waals surface area contributed by atoms with Crippen molar-refractivity contribution in [3.63, 3.8) is 0 Å². The van der Waals surface area contributed by atoms with Crippen LogP contribution in [0.1, 0.15) is 10.4 Å². The minimum atomic E-state index is -0.303. The fourth-order valence-electron chi connectivity index (χ4n) is 1.58. The van der Waals surface area contributed by atoms with Crippen LogP contribution in [0.2, 0.25) is 0 Å². The minimum absolute atomic E-state index is 0.245. The standard InChI is InChI=1S/C11H10N6O2S/c12-10-13-11(17-16-10)20-5-8-14-15-9(18)6-3-1-2-4-7(6)19-8/h1-4H,5H2,(H,15,18)(H3,12,13,16,17). The number of carbonyl (C=O) groups excluding carboxylic acids is 1. The lowest BCUT2D eigenvalue weighted by Gasteiger charge is -2.06. The number of aromatic nitrogens is 3. The highest BCUT2D eigenvalue weighted by atomic mass is 32.2. The molecule has 2 aromatic rings. The van der Waals surface area contributed by atoms with Crippen molar-refractivity contribution < 1.29 is 9.53 Å². The molecule has 20 heavy (non-hydrogen) atoms. The van der Waals surface area contributed by atoms with E-state index < -0.39 is 0 Å². The monoisotopic (exact) mass is 290 g/mol. The third-order valence-electron chi connectivity index (χ3n) is 2.45. The van der Waals surface area contributed by atoms with Gasteiger partial charge in [-0.1, -0.05) is 23.9 Å². The van der Waals surface area contributed by atoms with E-state index in [1.807, 2.05) is 0 Å². The molecular formula is C11H10N6O2S. The molecule has 0 aliphatic carbocycles. The summed E-state index contributed by atoms with van der Waals surface area (Å²) in [5, 5.41) is 10.8. The first kappa shape index (κ1) is 12.5. The van der Waals surface area contributed by atoms with Gasteiger partial charge >= 0.3 is 0 Å². The van der Waals surface area contributed by atoms with Crippen LogP contribution in [0.15, 0.2) is 34.5 Å². The second-order valence-electron chi connectivity index (χ2n) is 3.84. The maximum Gasteiger partial charge on any atom is 0.275 e. The van der Waals surface area contributed by atoms with E-state index in [0.29, 0.717) is 28.1 Å². The van der Waals surface area contributed by atoms with Crippen LogP contribution < -0.4 is 15.9 Å². The van der Waals surface area contributed by atoms with Crippen LogP contribution in [-0.4, -0.2) is 32.7 Å². The number of aromatic amines is 1. The van der Waals surface area contributed by atoms with Crippen molar-refractivity contribution >= 4 is 29.5 Å². The van der Waals surface area contributed by atoms with Crippen molar-refractivity contribution in [3.05, 3.63) is 29.8 Å². The van der Waals surface area contributed by atoms with Gasteiger partial charge in [0.2, 0.25) is 17.0 Å². The zero-order chi connectivity index (χ0) is 13.9. The van der Waals surface area contributed by atoms with Crippen molar-refractivity contribution in [1.82, 2.24) is 20.6 Å². The zero-order valence-electron chi connectivity index (χ0n) is 10.2. The summed E-state index contributed by atoms with van der Waals surface area (Å²) in [6.07, 6.45) is 0. The Bertz CT molecular complexity index is 683. The number of hydrazone groups is 1. The molecule has 1 aliphatic rings. The highest BCUT2D eigenvalue weighted by Crippen LogP contribution is 2.21. The maximum absolute atomic E-state index is 11.8. The molecule has 3 rings (SSSR count). The number of nitrogen functional groups attached to an aromatic ring is 1. The van der Waals surface area contributed by atoms with Crippen LogP contribution in [-0.2, 0) is 0 Å². The number of amides is 1. The number of benzene rings is 1. The quantitative estimate of drug-likeness (QED) is 0.713. The van der Waals surface area contributed by atoms with E-state index in [-0.39, 0.29) is 11.9 Å². The van der Waals surface area contributed by atoms with Crippen molar-refractivity contribution in [3.8, 4) is 5.75 Å². The van der Waals surface area contributed by atoms with Crippen molar-refractivity contribution in [1.29, 1.82) is 0 Å². The predicted octanol–water partition coefficient (Wildman–Crippen LogP) is 0.615. The number of rotatable bonds is 3. The number of hydrogen-bond donors (Lipinski definition) is 3. The Labute approximate surface area is 117 Å². The molecule has 0 saturated heterocycles. The van der Waals surface area contributed by atoms with Crippen LogP contribution >= 0.6 is 11.8 Å². The molecule has 1 aromatic heterocycles. The number of hydrogen-bond acceptors (Lipinski definition) is 7. The van der Waals surface area contributed by atoms with Crippen LogP contribution in [0.25, 0.3) is 0 Å². The molecule has 4 N–H and O–H groups in total. The molecule has 1 aromatic carbocycles. The second-order valence-corrected chi connectivity index (χ2v) is 4.78. The van der Waals surface area contributed by atoms with Crippen LogP contribution in [0, 0.1) is 0 Å². The molecule has 9 heteroatoms. The van der Waals surface area contributed by atoms with Gasteiger partial charge in [0.1, 0.15) is 5.75 Å². The fraction of sp³-hybridized carbons (Fsp3) is 0.0909. The molecule has 0 bridgehead atoms. The molecule has 1 amide bonds. The lowest BCUT2D eigenvalue weighted by atomic mass is 10.2. The molecule has 0 atom stereocenters. The number of H-pyrrole nitrogens is 1. The number of carbonyl (C=O) groups is 1. The number of ether oxygens (including phenoxy) is 1. The summed E-state index contributed by atoms with van der Waals surface area (Å²) in [6, 6.07) is 6.94. The summed E-state index contributed by atoms with van der Waals surface area (Å²) in [4.78, 5) is 15.7. The number of para-hydroxylation sites is 1. The molecule has 0 unspecified atom stereocenters. The van der Waals surface area contributed by atoms with Gasteiger partial charge in [-0.15, -0.1) is 10.2 Å². The van der Waals surface area contributed by atoms with Gasteiger partial charge in [-0.2, -0.15) is 4.98 Å². The highest BCUT2D eigenvalue weighted by molar-refractivity contribution is 7.99. The molecule has 0 saturated carbocycles. The molecular weight excluding hydrogens is 280 g/mol. The Balaban J connectivity index is 1.73. The Morgan fingerprint density at radius 1 is 1.35 bits per heavy atom. The third kappa shape index (κ3) is 2.57. The molecule has 8 nitrogen and oxygen atoms in total. The van der Waals surface area contributed by atoms with Crippen LogP contribution in [0.3, 0.4) is 0 Å². The Hall–Kier alpha value is -2.55. The Morgan fingerprint density at radius 2 is 2.20 bits per heavy atom. The number of fused-ring (bicyclic) bond motifs is 1. The summed E-state index contributed by atoms with van der Waals surface area (Å²) in [6.45, 7) is 0. The third-order valence-corrected chi connectivity index (χ3v) is 3.28. The lowest BCUT2D eigenvalue weighted by Crippen LogP contribution is -2.18. The number of nitrogens with zero attached hydrogens (tertiary/aromatic N) is 3. The summed E-state index contributed by atoms with van der Waals surface area (Å²) in [5.41, 5.74) is 8.31. The molecule has 102 valence electrons. The minimum Gasteiger partial charge on any atom is -0.440 e. The lowest BCUT2D eigenvalue weighted by molar-refractivity contribution is 0.0955. The Kier molecular flexibility index (Phi) is 3.25. The van der Waals surface area contributed by atoms with Crippen molar-refractivity contribution in [2.24, 2.45) is 5.10 Å². The van der Waals surface area contributed by atoms with Gasteiger partial charge in [-0.05, 0) is 12.1 Å². The van der Waals surface area contributed by atoms with Gasteiger partial charge in [0, 0.05) is 0 Å². The van der Waals surface area contributed by atoms with E-state index in [2.05, 4.69) is 25.7 Å². The molecule has 1 aliphatic heterocycles. The van der Waals surface area contributed by atoms with Gasteiger partial charge in [0.25, 0.3) is 5.91 Å². The first-order valence-electron chi connectivity index (χ1n) is 5.67. The second kappa shape index (κ2) is 5.21. The van der Waals surface area contributed by atoms with Crippen molar-refractivity contribution in [2.45, 2.75) is 5.16 Å². The normalized spacial score (nSPS) is 13.8. The summed E-state index contributed by atoms with van der Waals surface area (Å²) < 4.78 is 5.60. The summed E-state index contributed by atoms with van der Waals surface area (Å²) in [5.74, 6) is 1.14. The molecule has 0 spiro atoms. The van der Waals surface area contributed by atoms with Crippen LogP contribution in [0.4, 0.5) is 5.95 Å². The van der Waals surface area contributed by atoms with Gasteiger partial charge in [-0.3, -0.25) is 4.79 Å². The number of anilines is 1. The largest absolute Gasteiger partial charge is 0.440 e. The summed E-state index contributed by atoms with van der Waals surface area (Å²) >= 11 is 1.29. The smallest absolute Gasteiger partial charge is 0.275 e. The fourth-order valence-corrected chi connectivity index (χ4v) is 2.23. The van der Waals surface area contributed by atoms with Gasteiger partial charge in [-0.25, -0.2) is 10.5 Å². The Morgan fingerprint density at radius 3 is 3.00 bits per heavy atom. The molecule has 0 radical (unpaired) electrons. The maximum atomic E-state index is 11.8. The van der Waals surface area contributed by atoms with E-state index in [0.717, 1.165) is 0 Å². The first-order valence-corrected chi connectivity index (χ1v) is 6.65. The van der Waals surface area contributed by atoms with E-state index >= 15 is 0 Å². The molecule has 2 heterocycles. The van der Waals surface area contributed by atoms with Gasteiger partial charge < -0.3 is 10.5 Å². The number of nitrogens with two attached hydrogens (primary N) is 1. The topological polar surface area (TPSA) is 118 Å². The molecule has 0 fully saturated rings. The number of nitrogens with one attached hydrogen (secondary N) is 2.